The molecule has 1 saturated carbocycles. The fraction of sp³-hybridized carbons (Fsp3) is 0.696. The minimum absolute atomic E-state index is 0.168. The molecule has 2 aromatic rings. The maximum absolute atomic E-state index is 13.4. The van der Waals surface area contributed by atoms with E-state index in [0.29, 0.717) is 35.8 Å². The molecule has 1 amide bonds. The molecule has 34 heavy (non-hydrogen) atoms. The maximum Gasteiger partial charge on any atom is 0.256 e. The van der Waals surface area contributed by atoms with Gasteiger partial charge in [-0.25, -0.2) is 18.4 Å². The Bertz CT molecular complexity index is 1130. The Morgan fingerprint density at radius 3 is 2.71 bits per heavy atom. The molecular formula is C23H37N5O4SSi. The van der Waals surface area contributed by atoms with E-state index in [-0.39, 0.29) is 12.6 Å². The summed E-state index contributed by atoms with van der Waals surface area (Å²) in [6.07, 6.45) is 8.46. The first kappa shape index (κ1) is 25.3. The predicted octanol–water partition coefficient (Wildman–Crippen LogP) is 2.72. The second kappa shape index (κ2) is 10.0. The summed E-state index contributed by atoms with van der Waals surface area (Å²) in [6, 6.07) is 1.04. The average Bonchev–Trinajstić information content (AvgIpc) is 3.56. The van der Waals surface area contributed by atoms with Gasteiger partial charge in [0.25, 0.3) is 5.91 Å². The number of ether oxygens (including phenoxy) is 1. The number of nitrogens with one attached hydrogen (secondary N) is 2. The highest BCUT2D eigenvalue weighted by Gasteiger charge is 2.34. The van der Waals surface area contributed by atoms with E-state index >= 15 is 0 Å². The Morgan fingerprint density at radius 2 is 2.09 bits per heavy atom. The highest BCUT2D eigenvalue weighted by Crippen LogP contribution is 2.39. The number of carbonyl (C=O) groups is 1. The lowest BCUT2D eigenvalue weighted by molar-refractivity contribution is 0.0889. The predicted molar refractivity (Wildman–Crippen MR) is 135 cm³/mol. The number of nitrogens with zero attached hydrogens (tertiary/aromatic N) is 3. The molecule has 188 valence electrons. The van der Waals surface area contributed by atoms with Crippen molar-refractivity contribution in [3.05, 3.63) is 23.7 Å². The van der Waals surface area contributed by atoms with E-state index in [2.05, 4.69) is 35.3 Å². The molecule has 2 unspecified atom stereocenters. The second-order valence-electron chi connectivity index (χ2n) is 10.9. The van der Waals surface area contributed by atoms with E-state index < -0.39 is 29.2 Å². The van der Waals surface area contributed by atoms with Gasteiger partial charge in [-0.15, -0.1) is 0 Å². The molecule has 11 heteroatoms. The summed E-state index contributed by atoms with van der Waals surface area (Å²) >= 11 is 0. The molecular weight excluding hydrogens is 470 g/mol. The largest absolute Gasteiger partial charge is 0.361 e. The summed E-state index contributed by atoms with van der Waals surface area (Å²) in [5.74, 6) is -0.214. The van der Waals surface area contributed by atoms with Crippen LogP contribution in [0.3, 0.4) is 0 Å². The smallest absolute Gasteiger partial charge is 0.256 e. The van der Waals surface area contributed by atoms with Gasteiger partial charge >= 0.3 is 0 Å². The summed E-state index contributed by atoms with van der Waals surface area (Å²) in [4.78, 5) is 22.8. The topological polar surface area (TPSA) is 115 Å². The molecule has 0 aromatic carbocycles. The molecule has 3 heterocycles. The Kier molecular flexibility index (Phi) is 7.46. The van der Waals surface area contributed by atoms with Crippen molar-refractivity contribution in [3.63, 3.8) is 0 Å². The Morgan fingerprint density at radius 1 is 1.32 bits per heavy atom. The van der Waals surface area contributed by atoms with Crippen molar-refractivity contribution >= 4 is 35.0 Å². The number of fused-ring (bicyclic) bond motifs is 1. The lowest BCUT2D eigenvalue weighted by Gasteiger charge is -2.30. The van der Waals surface area contributed by atoms with Gasteiger partial charge in [-0.1, -0.05) is 19.6 Å². The van der Waals surface area contributed by atoms with E-state index in [1.165, 1.54) is 6.26 Å². The van der Waals surface area contributed by atoms with Crippen LogP contribution in [0, 0.1) is 5.92 Å². The fourth-order valence-corrected chi connectivity index (χ4v) is 6.37. The maximum atomic E-state index is 13.4. The van der Waals surface area contributed by atoms with Gasteiger partial charge in [0, 0.05) is 45.5 Å². The fourth-order valence-electron chi connectivity index (χ4n) is 4.37. The third-order valence-electron chi connectivity index (χ3n) is 6.55. The van der Waals surface area contributed by atoms with Crippen LogP contribution in [-0.2, 0) is 21.3 Å². The molecule has 1 saturated heterocycles. The van der Waals surface area contributed by atoms with Crippen molar-refractivity contribution in [2.24, 2.45) is 5.92 Å². The van der Waals surface area contributed by atoms with Crippen LogP contribution in [-0.4, -0.2) is 68.3 Å². The van der Waals surface area contributed by atoms with Crippen LogP contribution in [0.1, 0.15) is 47.7 Å². The third kappa shape index (κ3) is 6.24. The lowest BCUT2D eigenvalue weighted by atomic mass is 9.99. The van der Waals surface area contributed by atoms with Crippen molar-refractivity contribution < 1.29 is 17.9 Å². The van der Waals surface area contributed by atoms with Crippen LogP contribution >= 0.6 is 0 Å². The summed E-state index contributed by atoms with van der Waals surface area (Å²) in [7, 11) is -4.71. The van der Waals surface area contributed by atoms with Gasteiger partial charge in [-0.2, -0.15) is 0 Å². The zero-order valence-electron chi connectivity index (χ0n) is 20.6. The van der Waals surface area contributed by atoms with Crippen molar-refractivity contribution in [3.8, 4) is 0 Å². The molecule has 0 radical (unpaired) electrons. The van der Waals surface area contributed by atoms with Gasteiger partial charge < -0.3 is 19.9 Å². The first-order valence-corrected chi connectivity index (χ1v) is 17.8. The number of amides is 1. The Labute approximate surface area is 203 Å². The van der Waals surface area contributed by atoms with Crippen LogP contribution in [0.4, 0.5) is 0 Å². The summed E-state index contributed by atoms with van der Waals surface area (Å²) in [5, 5.41) is 5.12. The minimum Gasteiger partial charge on any atom is -0.361 e. The van der Waals surface area contributed by atoms with Gasteiger partial charge in [0.1, 0.15) is 17.6 Å². The molecule has 0 bridgehead atoms. The quantitative estimate of drug-likeness (QED) is 0.375. The molecule has 2 fully saturated rings. The van der Waals surface area contributed by atoms with Crippen LogP contribution in [0.2, 0.25) is 25.7 Å². The number of hydrogen-bond acceptors (Lipinski definition) is 7. The first-order chi connectivity index (χ1) is 16.0. The van der Waals surface area contributed by atoms with Crippen molar-refractivity contribution in [1.29, 1.82) is 0 Å². The summed E-state index contributed by atoms with van der Waals surface area (Å²) < 4.78 is 32.9. The van der Waals surface area contributed by atoms with Crippen LogP contribution in [0.15, 0.2) is 12.4 Å². The van der Waals surface area contributed by atoms with Crippen molar-refractivity contribution in [2.45, 2.75) is 69.4 Å². The van der Waals surface area contributed by atoms with Gasteiger partial charge in [-0.3, -0.25) is 4.79 Å². The molecule has 4 rings (SSSR count). The molecule has 9 nitrogen and oxygen atoms in total. The third-order valence-corrected chi connectivity index (χ3v) is 9.68. The molecule has 2 aliphatic rings. The normalized spacial score (nSPS) is 20.4. The first-order valence-electron chi connectivity index (χ1n) is 12.2. The molecule has 1 aliphatic carbocycles. The van der Waals surface area contributed by atoms with Gasteiger partial charge in [0.05, 0.1) is 17.5 Å². The van der Waals surface area contributed by atoms with Gasteiger partial charge in [-0.05, 0) is 38.3 Å². The molecule has 0 spiro atoms. The van der Waals surface area contributed by atoms with Gasteiger partial charge in [0.2, 0.25) is 0 Å². The number of rotatable bonds is 10. The SMILES string of the molecule is C[Si](C)(C)CCOCn1cc(C(=O)NC(C2CCCNC2)S(C)(=O)=O)c2nc(C3CC3)cnc21. The molecule has 2 atom stereocenters. The number of carbonyl (C=O) groups excluding carboxylic acids is 1. The van der Waals surface area contributed by atoms with Crippen molar-refractivity contribution in [1.82, 2.24) is 25.2 Å². The standard InChI is InChI=1S/C23H37N5O4SSi/c1-33(30,31)23(17-6-5-9-24-12-17)27-22(29)18-14-28(15-32-10-11-34(2,3)4)21-20(18)26-19(13-25-21)16-7-8-16/h13-14,16-17,23-24H,5-12,15H2,1-4H3,(H,27,29). The van der Waals surface area contributed by atoms with E-state index in [1.807, 2.05) is 0 Å². The zero-order valence-corrected chi connectivity index (χ0v) is 22.5. The number of aromatic nitrogens is 3. The van der Waals surface area contributed by atoms with Crippen LogP contribution in [0.5, 0.6) is 0 Å². The van der Waals surface area contributed by atoms with Crippen LogP contribution < -0.4 is 10.6 Å². The van der Waals surface area contributed by atoms with E-state index in [4.69, 9.17) is 9.72 Å². The monoisotopic (exact) mass is 507 g/mol. The summed E-state index contributed by atoms with van der Waals surface area (Å²) in [6.45, 7) is 9.25. The number of piperidine rings is 1. The van der Waals surface area contributed by atoms with E-state index in [9.17, 15) is 13.2 Å². The zero-order chi connectivity index (χ0) is 24.5. The highest BCUT2D eigenvalue weighted by molar-refractivity contribution is 7.91. The second-order valence-corrected chi connectivity index (χ2v) is 18.7. The minimum atomic E-state index is -3.49. The average molecular weight is 508 g/mol. The number of sulfone groups is 1. The molecule has 2 aromatic heterocycles. The number of hydrogen-bond donors (Lipinski definition) is 2. The highest BCUT2D eigenvalue weighted by atomic mass is 32.2. The lowest BCUT2D eigenvalue weighted by Crippen LogP contribution is -2.50. The van der Waals surface area contributed by atoms with Crippen LogP contribution in [0.25, 0.3) is 11.2 Å². The molecule has 1 aliphatic heterocycles. The van der Waals surface area contributed by atoms with Gasteiger partial charge in [0.15, 0.2) is 15.5 Å². The summed E-state index contributed by atoms with van der Waals surface area (Å²) in [5.41, 5.74) is 2.31. The Hall–Kier alpha value is -1.82. The van der Waals surface area contributed by atoms with E-state index in [0.717, 1.165) is 44.0 Å². The van der Waals surface area contributed by atoms with E-state index in [1.54, 1.807) is 17.0 Å². The van der Waals surface area contributed by atoms with Crippen molar-refractivity contribution in [2.75, 3.05) is 26.0 Å². The molecule has 2 N–H and O–H groups in total. The Balaban J connectivity index is 1.60.